The molecule has 0 fully saturated rings. The van der Waals surface area contributed by atoms with Crippen LogP contribution in [0.3, 0.4) is 0 Å². The van der Waals surface area contributed by atoms with E-state index in [2.05, 4.69) is 16.7 Å². The minimum atomic E-state index is 0.0619. The van der Waals surface area contributed by atoms with E-state index in [1.54, 1.807) is 0 Å². The van der Waals surface area contributed by atoms with Gasteiger partial charge in [0, 0.05) is 25.6 Å². The van der Waals surface area contributed by atoms with Crippen LogP contribution in [0.5, 0.6) is 0 Å². The predicted molar refractivity (Wildman–Crippen MR) is 55.6 cm³/mol. The Hall–Kier alpha value is -1.08. The smallest absolute Gasteiger partial charge is 0.221 e. The summed E-state index contributed by atoms with van der Waals surface area (Å²) in [5.41, 5.74) is 0. The molecule has 0 aromatic heterocycles. The van der Waals surface area contributed by atoms with Crippen molar-refractivity contribution in [3.63, 3.8) is 0 Å². The van der Waals surface area contributed by atoms with Gasteiger partial charge in [0.2, 0.25) is 5.91 Å². The number of carbonyl (C=O) groups excluding carboxylic acids is 1. The van der Waals surface area contributed by atoms with Crippen molar-refractivity contribution in [1.82, 2.24) is 10.6 Å². The molecular formula is C10H19N3O. The highest BCUT2D eigenvalue weighted by Crippen LogP contribution is 1.95. The van der Waals surface area contributed by atoms with Crippen molar-refractivity contribution in [2.24, 2.45) is 0 Å². The zero-order valence-corrected chi connectivity index (χ0v) is 8.97. The maximum absolute atomic E-state index is 11.1. The van der Waals surface area contributed by atoms with Gasteiger partial charge in [-0.15, -0.1) is 0 Å². The summed E-state index contributed by atoms with van der Waals surface area (Å²) in [5.74, 6) is 0.0619. The SMILES string of the molecule is CCNC(=O)CCNC(CC)CC#N. The molecule has 0 saturated carbocycles. The minimum absolute atomic E-state index is 0.0619. The lowest BCUT2D eigenvalue weighted by Crippen LogP contribution is -2.33. The number of hydrogen-bond donors (Lipinski definition) is 2. The van der Waals surface area contributed by atoms with E-state index in [4.69, 9.17) is 5.26 Å². The zero-order chi connectivity index (χ0) is 10.8. The summed E-state index contributed by atoms with van der Waals surface area (Å²) in [6.45, 7) is 5.25. The molecule has 0 aliphatic carbocycles. The number of nitrogens with one attached hydrogen (secondary N) is 2. The summed E-state index contributed by atoms with van der Waals surface area (Å²) in [5, 5.41) is 14.4. The average molecular weight is 197 g/mol. The highest BCUT2D eigenvalue weighted by molar-refractivity contribution is 5.75. The van der Waals surface area contributed by atoms with E-state index in [0.29, 0.717) is 25.9 Å². The van der Waals surface area contributed by atoms with E-state index in [0.717, 1.165) is 6.42 Å². The van der Waals surface area contributed by atoms with Crippen LogP contribution in [0.4, 0.5) is 0 Å². The lowest BCUT2D eigenvalue weighted by molar-refractivity contribution is -0.120. The molecule has 0 saturated heterocycles. The zero-order valence-electron chi connectivity index (χ0n) is 8.97. The fraction of sp³-hybridized carbons (Fsp3) is 0.800. The average Bonchev–Trinajstić information content (AvgIpc) is 2.17. The van der Waals surface area contributed by atoms with Crippen molar-refractivity contribution < 1.29 is 4.79 Å². The van der Waals surface area contributed by atoms with Crippen LogP contribution in [0.2, 0.25) is 0 Å². The van der Waals surface area contributed by atoms with E-state index in [-0.39, 0.29) is 11.9 Å². The first-order valence-corrected chi connectivity index (χ1v) is 5.11. The second kappa shape index (κ2) is 8.52. The Kier molecular flexibility index (Phi) is 7.86. The van der Waals surface area contributed by atoms with Crippen molar-refractivity contribution in [1.29, 1.82) is 5.26 Å². The van der Waals surface area contributed by atoms with E-state index in [9.17, 15) is 4.79 Å². The van der Waals surface area contributed by atoms with Crippen LogP contribution in [0.1, 0.15) is 33.1 Å². The first-order valence-electron chi connectivity index (χ1n) is 5.11. The molecule has 1 unspecified atom stereocenters. The molecule has 1 amide bonds. The second-order valence-corrected chi connectivity index (χ2v) is 3.13. The first kappa shape index (κ1) is 12.9. The van der Waals surface area contributed by atoms with Gasteiger partial charge in [-0.05, 0) is 13.3 Å². The largest absolute Gasteiger partial charge is 0.356 e. The number of carbonyl (C=O) groups is 1. The molecule has 4 heteroatoms. The first-order chi connectivity index (χ1) is 6.74. The molecule has 2 N–H and O–H groups in total. The molecule has 80 valence electrons. The van der Waals surface area contributed by atoms with Gasteiger partial charge < -0.3 is 10.6 Å². The maximum atomic E-state index is 11.1. The van der Waals surface area contributed by atoms with E-state index < -0.39 is 0 Å². The third kappa shape index (κ3) is 6.44. The van der Waals surface area contributed by atoms with Gasteiger partial charge in [-0.2, -0.15) is 5.26 Å². The molecule has 1 atom stereocenters. The van der Waals surface area contributed by atoms with Gasteiger partial charge in [0.05, 0.1) is 12.5 Å². The Bertz CT molecular complexity index is 198. The summed E-state index contributed by atoms with van der Waals surface area (Å²) in [4.78, 5) is 11.1. The van der Waals surface area contributed by atoms with E-state index in [1.807, 2.05) is 13.8 Å². The standard InChI is InChI=1S/C10H19N3O/c1-3-9(5-7-11)13-8-6-10(14)12-4-2/h9,13H,3-6,8H2,1-2H3,(H,12,14). The molecule has 0 spiro atoms. The van der Waals surface area contributed by atoms with Gasteiger partial charge in [-0.3, -0.25) is 4.79 Å². The van der Waals surface area contributed by atoms with Gasteiger partial charge in [0.25, 0.3) is 0 Å². The summed E-state index contributed by atoms with van der Waals surface area (Å²) in [7, 11) is 0. The summed E-state index contributed by atoms with van der Waals surface area (Å²) >= 11 is 0. The quantitative estimate of drug-likeness (QED) is 0.634. The van der Waals surface area contributed by atoms with Crippen LogP contribution >= 0.6 is 0 Å². The molecular weight excluding hydrogens is 178 g/mol. The van der Waals surface area contributed by atoms with Gasteiger partial charge in [0.1, 0.15) is 0 Å². The molecule has 0 aromatic rings. The lowest BCUT2D eigenvalue weighted by atomic mass is 10.1. The van der Waals surface area contributed by atoms with Gasteiger partial charge in [-0.25, -0.2) is 0 Å². The highest BCUT2D eigenvalue weighted by atomic mass is 16.1. The normalized spacial score (nSPS) is 11.8. The number of nitriles is 1. The van der Waals surface area contributed by atoms with Crippen molar-refractivity contribution >= 4 is 5.91 Å². The monoisotopic (exact) mass is 197 g/mol. The Balaban J connectivity index is 3.51. The van der Waals surface area contributed by atoms with E-state index >= 15 is 0 Å². The highest BCUT2D eigenvalue weighted by Gasteiger charge is 2.05. The Morgan fingerprint density at radius 2 is 2.21 bits per heavy atom. The molecule has 0 rings (SSSR count). The van der Waals surface area contributed by atoms with Gasteiger partial charge >= 0.3 is 0 Å². The topological polar surface area (TPSA) is 64.9 Å². The molecule has 4 nitrogen and oxygen atoms in total. The van der Waals surface area contributed by atoms with Crippen molar-refractivity contribution in [2.75, 3.05) is 13.1 Å². The number of amides is 1. The van der Waals surface area contributed by atoms with Gasteiger partial charge in [0.15, 0.2) is 0 Å². The van der Waals surface area contributed by atoms with Crippen LogP contribution < -0.4 is 10.6 Å². The Morgan fingerprint density at radius 3 is 2.71 bits per heavy atom. The number of hydrogen-bond acceptors (Lipinski definition) is 3. The third-order valence-electron chi connectivity index (χ3n) is 1.99. The van der Waals surface area contributed by atoms with Crippen LogP contribution in [0.15, 0.2) is 0 Å². The fourth-order valence-corrected chi connectivity index (χ4v) is 1.15. The van der Waals surface area contributed by atoms with Gasteiger partial charge in [-0.1, -0.05) is 6.92 Å². The molecule has 0 heterocycles. The summed E-state index contributed by atoms with van der Waals surface area (Å²) in [6.07, 6.45) is 1.91. The maximum Gasteiger partial charge on any atom is 0.221 e. The predicted octanol–water partition coefficient (Wildman–Crippen LogP) is 0.794. The van der Waals surface area contributed by atoms with Crippen LogP contribution in [0, 0.1) is 11.3 Å². The second-order valence-electron chi connectivity index (χ2n) is 3.13. The van der Waals surface area contributed by atoms with E-state index in [1.165, 1.54) is 0 Å². The molecule has 14 heavy (non-hydrogen) atoms. The van der Waals surface area contributed by atoms with Crippen LogP contribution in [0.25, 0.3) is 0 Å². The molecule has 0 radical (unpaired) electrons. The molecule has 0 aliphatic rings. The Morgan fingerprint density at radius 1 is 1.50 bits per heavy atom. The van der Waals surface area contributed by atoms with Crippen molar-refractivity contribution in [3.8, 4) is 6.07 Å². The molecule has 0 bridgehead atoms. The number of rotatable bonds is 7. The summed E-state index contributed by atoms with van der Waals surface area (Å²) in [6, 6.07) is 2.34. The summed E-state index contributed by atoms with van der Waals surface area (Å²) < 4.78 is 0. The minimum Gasteiger partial charge on any atom is -0.356 e. The molecule has 0 aromatic carbocycles. The molecule has 0 aliphatic heterocycles. The van der Waals surface area contributed by atoms with Crippen LogP contribution in [-0.4, -0.2) is 25.0 Å². The van der Waals surface area contributed by atoms with Crippen LogP contribution in [-0.2, 0) is 4.79 Å². The fourth-order valence-electron chi connectivity index (χ4n) is 1.15. The number of nitrogens with zero attached hydrogens (tertiary/aromatic N) is 1. The Labute approximate surface area is 85.7 Å². The van der Waals surface area contributed by atoms with Crippen molar-refractivity contribution in [3.05, 3.63) is 0 Å². The van der Waals surface area contributed by atoms with Crippen molar-refractivity contribution in [2.45, 2.75) is 39.2 Å². The third-order valence-corrected chi connectivity index (χ3v) is 1.99. The lowest BCUT2D eigenvalue weighted by Gasteiger charge is -2.12.